The second-order valence-electron chi connectivity index (χ2n) is 2.92. The van der Waals surface area contributed by atoms with Crippen LogP contribution in [0.4, 0.5) is 0 Å². The summed E-state index contributed by atoms with van der Waals surface area (Å²) in [5, 5.41) is 7.51. The van der Waals surface area contributed by atoms with Crippen molar-refractivity contribution in [1.82, 2.24) is 10.2 Å². The average Bonchev–Trinajstić information content (AvgIpc) is 2.29. The van der Waals surface area contributed by atoms with Crippen LogP contribution in [0.25, 0.3) is 12.2 Å². The Morgan fingerprint density at radius 2 is 1.57 bits per heavy atom. The van der Waals surface area contributed by atoms with Crippen LogP contribution in [-0.2, 0) is 0 Å². The lowest BCUT2D eigenvalue weighted by atomic mass is 10.2. The van der Waals surface area contributed by atoms with Crippen LogP contribution in [0.5, 0.6) is 0 Å². The first-order chi connectivity index (χ1) is 6.95. The zero-order chi connectivity index (χ0) is 9.64. The number of hydrogen-bond donors (Lipinski definition) is 0. The fourth-order valence-corrected chi connectivity index (χ4v) is 1.16. The third kappa shape index (κ3) is 2.26. The van der Waals surface area contributed by atoms with E-state index in [4.69, 9.17) is 0 Å². The van der Waals surface area contributed by atoms with Gasteiger partial charge in [0.15, 0.2) is 0 Å². The van der Waals surface area contributed by atoms with Gasteiger partial charge in [-0.15, -0.1) is 0 Å². The maximum atomic E-state index is 3.80. The minimum Gasteiger partial charge on any atom is -0.159 e. The second-order valence-corrected chi connectivity index (χ2v) is 2.92. The predicted molar refractivity (Wildman–Crippen MR) is 57.4 cm³/mol. The molecule has 2 rings (SSSR count). The van der Waals surface area contributed by atoms with Crippen molar-refractivity contribution in [2.75, 3.05) is 0 Å². The maximum absolute atomic E-state index is 3.80. The first-order valence-electron chi connectivity index (χ1n) is 4.45. The maximum Gasteiger partial charge on any atom is 0.0568 e. The summed E-state index contributed by atoms with van der Waals surface area (Å²) >= 11 is 0. The summed E-state index contributed by atoms with van der Waals surface area (Å²) < 4.78 is 0. The van der Waals surface area contributed by atoms with E-state index in [0.717, 1.165) is 5.56 Å². The molecule has 14 heavy (non-hydrogen) atoms. The number of nitrogens with zero attached hydrogens (tertiary/aromatic N) is 2. The fraction of sp³-hybridized carbons (Fsp3) is 0. The van der Waals surface area contributed by atoms with Gasteiger partial charge in [-0.2, -0.15) is 10.2 Å². The molecule has 68 valence electrons. The Balaban J connectivity index is 2.16. The molecule has 0 saturated carbocycles. The van der Waals surface area contributed by atoms with E-state index in [1.807, 2.05) is 30.3 Å². The molecular formula is C12H10N2. The molecule has 0 N–H and O–H groups in total. The van der Waals surface area contributed by atoms with Gasteiger partial charge in [-0.1, -0.05) is 42.5 Å². The van der Waals surface area contributed by atoms with Crippen molar-refractivity contribution in [2.45, 2.75) is 0 Å². The molecule has 0 unspecified atom stereocenters. The van der Waals surface area contributed by atoms with Gasteiger partial charge in [-0.25, -0.2) is 0 Å². The van der Waals surface area contributed by atoms with E-state index in [0.29, 0.717) is 0 Å². The molecule has 0 aliphatic rings. The van der Waals surface area contributed by atoms with Crippen LogP contribution < -0.4 is 0 Å². The number of benzene rings is 1. The third-order valence-electron chi connectivity index (χ3n) is 1.87. The molecule has 2 heteroatoms. The van der Waals surface area contributed by atoms with Crippen LogP contribution in [-0.4, -0.2) is 10.2 Å². The highest BCUT2D eigenvalue weighted by Gasteiger charge is 1.85. The van der Waals surface area contributed by atoms with Gasteiger partial charge in [-0.3, -0.25) is 0 Å². The van der Waals surface area contributed by atoms with Crippen molar-refractivity contribution in [3.63, 3.8) is 0 Å². The molecular weight excluding hydrogens is 172 g/mol. The Kier molecular flexibility index (Phi) is 2.67. The molecule has 2 nitrogen and oxygen atoms in total. The molecule has 1 aromatic heterocycles. The SMILES string of the molecule is C(=C/c1ccnnc1)/c1ccccc1. The van der Waals surface area contributed by atoms with Crippen molar-refractivity contribution < 1.29 is 0 Å². The Labute approximate surface area is 82.9 Å². The Bertz CT molecular complexity index is 365. The molecule has 0 aliphatic heterocycles. The van der Waals surface area contributed by atoms with E-state index in [9.17, 15) is 0 Å². The molecule has 0 saturated heterocycles. The summed E-state index contributed by atoms with van der Waals surface area (Å²) in [6.07, 6.45) is 7.49. The summed E-state index contributed by atoms with van der Waals surface area (Å²) in [4.78, 5) is 0. The third-order valence-corrected chi connectivity index (χ3v) is 1.87. The van der Waals surface area contributed by atoms with E-state index in [2.05, 4.69) is 28.4 Å². The summed E-state index contributed by atoms with van der Waals surface area (Å²) in [6.45, 7) is 0. The van der Waals surface area contributed by atoms with Crippen molar-refractivity contribution in [3.8, 4) is 0 Å². The van der Waals surface area contributed by atoms with E-state index >= 15 is 0 Å². The van der Waals surface area contributed by atoms with Gasteiger partial charge in [-0.05, 0) is 17.2 Å². The topological polar surface area (TPSA) is 25.8 Å². The molecule has 1 heterocycles. The van der Waals surface area contributed by atoms with Crippen LogP contribution in [0.1, 0.15) is 11.1 Å². The summed E-state index contributed by atoms with van der Waals surface area (Å²) in [5.74, 6) is 0. The summed E-state index contributed by atoms with van der Waals surface area (Å²) in [7, 11) is 0. The first-order valence-corrected chi connectivity index (χ1v) is 4.45. The zero-order valence-corrected chi connectivity index (χ0v) is 7.67. The Morgan fingerprint density at radius 3 is 2.29 bits per heavy atom. The van der Waals surface area contributed by atoms with Gasteiger partial charge in [0.1, 0.15) is 0 Å². The van der Waals surface area contributed by atoms with Crippen molar-refractivity contribution in [3.05, 3.63) is 59.9 Å². The second kappa shape index (κ2) is 4.33. The minimum atomic E-state index is 1.06. The molecule has 0 spiro atoms. The van der Waals surface area contributed by atoms with Crippen molar-refractivity contribution in [2.24, 2.45) is 0 Å². The van der Waals surface area contributed by atoms with Gasteiger partial charge >= 0.3 is 0 Å². The number of hydrogen-bond acceptors (Lipinski definition) is 2. The van der Waals surface area contributed by atoms with E-state index < -0.39 is 0 Å². The molecule has 1 aromatic carbocycles. The zero-order valence-electron chi connectivity index (χ0n) is 7.67. The Morgan fingerprint density at radius 1 is 0.786 bits per heavy atom. The lowest BCUT2D eigenvalue weighted by molar-refractivity contribution is 1.03. The highest BCUT2D eigenvalue weighted by atomic mass is 15.1. The molecule has 0 amide bonds. The van der Waals surface area contributed by atoms with Crippen molar-refractivity contribution >= 4 is 12.2 Å². The predicted octanol–water partition coefficient (Wildman–Crippen LogP) is 2.65. The Hall–Kier alpha value is -1.96. The minimum absolute atomic E-state index is 1.06. The van der Waals surface area contributed by atoms with Crippen LogP contribution in [0, 0.1) is 0 Å². The molecule has 0 atom stereocenters. The van der Waals surface area contributed by atoms with E-state index in [1.165, 1.54) is 5.56 Å². The van der Waals surface area contributed by atoms with Crippen LogP contribution in [0.2, 0.25) is 0 Å². The molecule has 0 aliphatic carbocycles. The molecule has 2 aromatic rings. The van der Waals surface area contributed by atoms with Gasteiger partial charge in [0.25, 0.3) is 0 Å². The highest BCUT2D eigenvalue weighted by molar-refractivity contribution is 5.68. The first kappa shape index (κ1) is 8.63. The fourth-order valence-electron chi connectivity index (χ4n) is 1.16. The van der Waals surface area contributed by atoms with Gasteiger partial charge in [0.2, 0.25) is 0 Å². The molecule has 0 radical (unpaired) electrons. The number of rotatable bonds is 2. The molecule has 0 bridgehead atoms. The van der Waals surface area contributed by atoms with Crippen LogP contribution in [0.3, 0.4) is 0 Å². The highest BCUT2D eigenvalue weighted by Crippen LogP contribution is 2.05. The number of aromatic nitrogens is 2. The van der Waals surface area contributed by atoms with Gasteiger partial charge < -0.3 is 0 Å². The largest absolute Gasteiger partial charge is 0.159 e. The monoisotopic (exact) mass is 182 g/mol. The normalized spacial score (nSPS) is 10.6. The lowest BCUT2D eigenvalue weighted by Gasteiger charge is -1.91. The van der Waals surface area contributed by atoms with E-state index in [1.54, 1.807) is 12.4 Å². The quantitative estimate of drug-likeness (QED) is 0.713. The van der Waals surface area contributed by atoms with Gasteiger partial charge in [0.05, 0.1) is 12.4 Å². The van der Waals surface area contributed by atoms with Gasteiger partial charge in [0, 0.05) is 0 Å². The van der Waals surface area contributed by atoms with E-state index in [-0.39, 0.29) is 0 Å². The molecule has 0 fully saturated rings. The summed E-state index contributed by atoms with van der Waals surface area (Å²) in [5.41, 5.74) is 2.24. The average molecular weight is 182 g/mol. The standard InChI is InChI=1S/C12H10N2/c1-2-4-11(5-3-1)6-7-12-8-9-13-14-10-12/h1-10H/b7-6-. The summed E-state index contributed by atoms with van der Waals surface area (Å²) in [6, 6.07) is 12.1. The smallest absolute Gasteiger partial charge is 0.0568 e. The lowest BCUT2D eigenvalue weighted by Crippen LogP contribution is -1.78. The van der Waals surface area contributed by atoms with Crippen LogP contribution >= 0.6 is 0 Å². The van der Waals surface area contributed by atoms with Crippen molar-refractivity contribution in [1.29, 1.82) is 0 Å². The van der Waals surface area contributed by atoms with Crippen LogP contribution in [0.15, 0.2) is 48.8 Å².